The predicted octanol–water partition coefficient (Wildman–Crippen LogP) is 3.60. The first-order valence-corrected chi connectivity index (χ1v) is 8.22. The zero-order valence-electron chi connectivity index (χ0n) is 13.5. The normalized spacial score (nSPS) is 26.7. The number of hydrogen-bond acceptors (Lipinski definition) is 3. The number of nitrogens with zero attached hydrogens (tertiary/aromatic N) is 2. The van der Waals surface area contributed by atoms with Gasteiger partial charge in [0.1, 0.15) is 0 Å². The molecule has 2 N–H and O–H groups in total. The molecule has 1 unspecified atom stereocenters. The smallest absolute Gasteiger partial charge is 0.192 e. The maximum absolute atomic E-state index is 6.23. The van der Waals surface area contributed by atoms with Gasteiger partial charge in [0, 0.05) is 6.04 Å². The van der Waals surface area contributed by atoms with Crippen LogP contribution in [0.4, 0.5) is 0 Å². The fourth-order valence-corrected chi connectivity index (χ4v) is 3.85. The van der Waals surface area contributed by atoms with Crippen LogP contribution in [-0.2, 0) is 5.54 Å². The molecule has 0 aromatic heterocycles. The summed E-state index contributed by atoms with van der Waals surface area (Å²) >= 11 is 0. The van der Waals surface area contributed by atoms with E-state index in [1.807, 2.05) is 0 Å². The van der Waals surface area contributed by atoms with E-state index < -0.39 is 0 Å². The second kappa shape index (κ2) is 5.36. The Morgan fingerprint density at radius 1 is 1.19 bits per heavy atom. The van der Waals surface area contributed by atoms with Gasteiger partial charge in [-0.3, -0.25) is 4.99 Å². The van der Waals surface area contributed by atoms with Crippen molar-refractivity contribution in [3.05, 3.63) is 35.4 Å². The second-order valence-electron chi connectivity index (χ2n) is 7.03. The standard InChI is InChI=1S/C18H27N3/c1-13(2)14-8-10-15(11-9-14)18(3)12-20-17(19)21(18)16-6-4-5-7-16/h8-11,13,16H,4-7,12H2,1-3H3,(H2,19,20). The molecule has 2 aliphatic rings. The van der Waals surface area contributed by atoms with Crippen molar-refractivity contribution in [3.8, 4) is 0 Å². The average Bonchev–Trinajstić information content (AvgIpc) is 3.08. The third kappa shape index (κ3) is 2.43. The first-order valence-electron chi connectivity index (χ1n) is 8.22. The summed E-state index contributed by atoms with van der Waals surface area (Å²) in [6, 6.07) is 9.61. The van der Waals surface area contributed by atoms with Gasteiger partial charge in [0.25, 0.3) is 0 Å². The van der Waals surface area contributed by atoms with Crippen molar-refractivity contribution in [2.45, 2.75) is 64.0 Å². The van der Waals surface area contributed by atoms with Crippen LogP contribution in [0.15, 0.2) is 29.3 Å². The minimum Gasteiger partial charge on any atom is -0.370 e. The molecule has 0 saturated heterocycles. The Hall–Kier alpha value is -1.51. The van der Waals surface area contributed by atoms with E-state index in [0.717, 1.165) is 12.5 Å². The van der Waals surface area contributed by atoms with Gasteiger partial charge in [-0.05, 0) is 36.8 Å². The van der Waals surface area contributed by atoms with E-state index in [4.69, 9.17) is 5.73 Å². The summed E-state index contributed by atoms with van der Waals surface area (Å²) in [5.41, 5.74) is 8.88. The molecule has 21 heavy (non-hydrogen) atoms. The Morgan fingerprint density at radius 2 is 1.81 bits per heavy atom. The van der Waals surface area contributed by atoms with Gasteiger partial charge in [-0.15, -0.1) is 0 Å². The van der Waals surface area contributed by atoms with Gasteiger partial charge < -0.3 is 10.6 Å². The van der Waals surface area contributed by atoms with Gasteiger partial charge in [0.05, 0.1) is 12.1 Å². The number of aliphatic imine (C=N–C) groups is 1. The molecule has 114 valence electrons. The topological polar surface area (TPSA) is 41.6 Å². The van der Waals surface area contributed by atoms with Crippen LogP contribution in [0.1, 0.15) is 63.5 Å². The number of benzene rings is 1. The largest absolute Gasteiger partial charge is 0.370 e. The maximum atomic E-state index is 6.23. The van der Waals surface area contributed by atoms with E-state index in [0.29, 0.717) is 12.0 Å². The van der Waals surface area contributed by atoms with Crippen LogP contribution < -0.4 is 5.73 Å². The lowest BCUT2D eigenvalue weighted by atomic mass is 9.88. The van der Waals surface area contributed by atoms with Crippen LogP contribution in [0.2, 0.25) is 0 Å². The Bertz CT molecular complexity index is 526. The van der Waals surface area contributed by atoms with Gasteiger partial charge >= 0.3 is 0 Å². The zero-order chi connectivity index (χ0) is 15.0. The SMILES string of the molecule is CC(C)c1ccc(C2(C)CN=C(N)N2C2CCCC2)cc1. The summed E-state index contributed by atoms with van der Waals surface area (Å²) < 4.78 is 0. The highest BCUT2D eigenvalue weighted by molar-refractivity contribution is 5.81. The van der Waals surface area contributed by atoms with Crippen LogP contribution in [-0.4, -0.2) is 23.4 Å². The van der Waals surface area contributed by atoms with Gasteiger partial charge in [-0.1, -0.05) is 51.0 Å². The van der Waals surface area contributed by atoms with E-state index in [9.17, 15) is 0 Å². The third-order valence-corrected chi connectivity index (χ3v) is 5.22. The highest BCUT2D eigenvalue weighted by Crippen LogP contribution is 2.39. The van der Waals surface area contributed by atoms with Crippen molar-refractivity contribution < 1.29 is 0 Å². The van der Waals surface area contributed by atoms with Crippen LogP contribution in [0.25, 0.3) is 0 Å². The summed E-state index contributed by atoms with van der Waals surface area (Å²) in [5.74, 6) is 1.31. The summed E-state index contributed by atoms with van der Waals surface area (Å²) in [6.45, 7) is 7.53. The van der Waals surface area contributed by atoms with Crippen molar-refractivity contribution in [3.63, 3.8) is 0 Å². The molecule has 1 heterocycles. The van der Waals surface area contributed by atoms with Crippen LogP contribution in [0, 0.1) is 0 Å². The van der Waals surface area contributed by atoms with E-state index in [1.54, 1.807) is 0 Å². The molecule has 1 atom stereocenters. The van der Waals surface area contributed by atoms with Gasteiger partial charge in [-0.25, -0.2) is 0 Å². The average molecular weight is 285 g/mol. The molecule has 1 aromatic rings. The van der Waals surface area contributed by atoms with Crippen molar-refractivity contribution in [1.29, 1.82) is 0 Å². The lowest BCUT2D eigenvalue weighted by molar-refractivity contribution is 0.167. The number of nitrogens with two attached hydrogens (primary N) is 1. The highest BCUT2D eigenvalue weighted by Gasteiger charge is 2.43. The Balaban J connectivity index is 1.91. The monoisotopic (exact) mass is 285 g/mol. The molecule has 3 rings (SSSR count). The van der Waals surface area contributed by atoms with Crippen molar-refractivity contribution in [2.24, 2.45) is 10.7 Å². The summed E-state index contributed by atoms with van der Waals surface area (Å²) in [7, 11) is 0. The second-order valence-corrected chi connectivity index (χ2v) is 7.03. The van der Waals surface area contributed by atoms with Crippen LogP contribution >= 0.6 is 0 Å². The quantitative estimate of drug-likeness (QED) is 0.922. The molecule has 1 aliphatic carbocycles. The molecule has 0 radical (unpaired) electrons. The molecule has 1 fully saturated rings. The highest BCUT2D eigenvalue weighted by atomic mass is 15.4. The summed E-state index contributed by atoms with van der Waals surface area (Å²) in [5, 5.41) is 0. The molecule has 1 aromatic carbocycles. The lowest BCUT2D eigenvalue weighted by Crippen LogP contribution is -2.52. The Labute approximate surface area is 128 Å². The first kappa shape index (κ1) is 14.4. The first-order chi connectivity index (χ1) is 10.0. The van der Waals surface area contributed by atoms with Gasteiger partial charge in [0.15, 0.2) is 5.96 Å². The summed E-state index contributed by atoms with van der Waals surface area (Å²) in [6.07, 6.45) is 5.12. The summed E-state index contributed by atoms with van der Waals surface area (Å²) in [4.78, 5) is 6.96. The van der Waals surface area contributed by atoms with E-state index in [-0.39, 0.29) is 5.54 Å². The minimum absolute atomic E-state index is 0.0748. The van der Waals surface area contributed by atoms with E-state index >= 15 is 0 Å². The van der Waals surface area contributed by atoms with Crippen molar-refractivity contribution >= 4 is 5.96 Å². The van der Waals surface area contributed by atoms with Crippen LogP contribution in [0.5, 0.6) is 0 Å². The van der Waals surface area contributed by atoms with E-state index in [1.165, 1.54) is 36.8 Å². The number of rotatable bonds is 3. The molecule has 0 spiro atoms. The molecule has 1 aliphatic heterocycles. The van der Waals surface area contributed by atoms with Gasteiger partial charge in [-0.2, -0.15) is 0 Å². The molecular formula is C18H27N3. The fourth-order valence-electron chi connectivity index (χ4n) is 3.85. The molecule has 3 heteroatoms. The fraction of sp³-hybridized carbons (Fsp3) is 0.611. The molecule has 0 amide bonds. The van der Waals surface area contributed by atoms with Crippen molar-refractivity contribution in [1.82, 2.24) is 4.90 Å². The van der Waals surface area contributed by atoms with Crippen molar-refractivity contribution in [2.75, 3.05) is 6.54 Å². The number of hydrogen-bond donors (Lipinski definition) is 1. The molecular weight excluding hydrogens is 258 g/mol. The molecule has 0 bridgehead atoms. The molecule has 3 nitrogen and oxygen atoms in total. The third-order valence-electron chi connectivity index (χ3n) is 5.22. The Kier molecular flexibility index (Phi) is 3.68. The maximum Gasteiger partial charge on any atom is 0.192 e. The lowest BCUT2D eigenvalue weighted by Gasteiger charge is -2.41. The molecule has 1 saturated carbocycles. The minimum atomic E-state index is -0.0748. The zero-order valence-corrected chi connectivity index (χ0v) is 13.5. The van der Waals surface area contributed by atoms with Crippen LogP contribution in [0.3, 0.4) is 0 Å². The predicted molar refractivity (Wildman–Crippen MR) is 88.5 cm³/mol. The van der Waals surface area contributed by atoms with E-state index in [2.05, 4.69) is 54.9 Å². The number of guanidine groups is 1. The Morgan fingerprint density at radius 3 is 2.38 bits per heavy atom. The van der Waals surface area contributed by atoms with Gasteiger partial charge in [0.2, 0.25) is 0 Å².